The van der Waals surface area contributed by atoms with Gasteiger partial charge in [0, 0.05) is 17.2 Å². The van der Waals surface area contributed by atoms with E-state index in [1.807, 2.05) is 61.5 Å². The van der Waals surface area contributed by atoms with Gasteiger partial charge in [0.2, 0.25) is 5.89 Å². The van der Waals surface area contributed by atoms with Crippen LogP contribution in [0.2, 0.25) is 0 Å². The Labute approximate surface area is 183 Å². The summed E-state index contributed by atoms with van der Waals surface area (Å²) in [5, 5.41) is 3.23. The van der Waals surface area contributed by atoms with E-state index in [0.29, 0.717) is 29.9 Å². The first-order valence-electron chi connectivity index (χ1n) is 11.1. The molecule has 1 fully saturated rings. The molecule has 1 saturated carbocycles. The number of amides is 1. The first kappa shape index (κ1) is 21.2. The van der Waals surface area contributed by atoms with Crippen molar-refractivity contribution in [3.05, 3.63) is 71.6 Å². The summed E-state index contributed by atoms with van der Waals surface area (Å²) in [5.74, 6) is 3.19. The van der Waals surface area contributed by atoms with Crippen molar-refractivity contribution >= 4 is 5.91 Å². The number of hydrogen-bond donors (Lipinski definition) is 1. The summed E-state index contributed by atoms with van der Waals surface area (Å²) in [6.07, 6.45) is 3.48. The lowest BCUT2D eigenvalue weighted by Gasteiger charge is -2.34. The van der Waals surface area contributed by atoms with Crippen LogP contribution in [0.5, 0.6) is 5.75 Å². The summed E-state index contributed by atoms with van der Waals surface area (Å²) in [6, 6.07) is 17.3. The predicted molar refractivity (Wildman–Crippen MR) is 121 cm³/mol. The zero-order valence-electron chi connectivity index (χ0n) is 18.4. The number of oxazole rings is 1. The van der Waals surface area contributed by atoms with Crippen LogP contribution in [0.3, 0.4) is 0 Å². The fourth-order valence-corrected chi connectivity index (χ4v) is 4.16. The third kappa shape index (κ3) is 4.98. The molecule has 5 nitrogen and oxygen atoms in total. The Kier molecular flexibility index (Phi) is 6.40. The van der Waals surface area contributed by atoms with Gasteiger partial charge in [0.05, 0.1) is 0 Å². The topological polar surface area (TPSA) is 64.4 Å². The molecule has 2 aromatic carbocycles. The van der Waals surface area contributed by atoms with Gasteiger partial charge in [-0.15, -0.1) is 0 Å². The van der Waals surface area contributed by atoms with Crippen molar-refractivity contribution in [1.82, 2.24) is 10.3 Å². The second kappa shape index (κ2) is 9.38. The molecular weight excluding hydrogens is 388 g/mol. The Morgan fingerprint density at radius 3 is 2.58 bits per heavy atom. The zero-order valence-corrected chi connectivity index (χ0v) is 18.4. The van der Waals surface area contributed by atoms with Crippen LogP contribution in [-0.4, -0.2) is 16.9 Å². The van der Waals surface area contributed by atoms with Crippen molar-refractivity contribution in [2.75, 3.05) is 0 Å². The average molecular weight is 419 g/mol. The molecule has 1 amide bonds. The Morgan fingerprint density at radius 1 is 1.10 bits per heavy atom. The molecule has 1 aliphatic carbocycles. The molecule has 0 bridgehead atoms. The number of hydrogen-bond acceptors (Lipinski definition) is 4. The fourth-order valence-electron chi connectivity index (χ4n) is 4.16. The van der Waals surface area contributed by atoms with Crippen molar-refractivity contribution in [3.63, 3.8) is 0 Å². The minimum absolute atomic E-state index is 0.0157. The van der Waals surface area contributed by atoms with Gasteiger partial charge in [-0.3, -0.25) is 4.79 Å². The quantitative estimate of drug-likeness (QED) is 0.551. The van der Waals surface area contributed by atoms with Gasteiger partial charge in [0.15, 0.2) is 0 Å². The Morgan fingerprint density at radius 2 is 1.84 bits per heavy atom. The lowest BCUT2D eigenvalue weighted by Crippen LogP contribution is -2.43. The highest BCUT2D eigenvalue weighted by Crippen LogP contribution is 2.30. The minimum atomic E-state index is -0.0157. The second-order valence-electron chi connectivity index (χ2n) is 8.55. The van der Waals surface area contributed by atoms with Crippen LogP contribution in [0.25, 0.3) is 11.5 Å². The largest absolute Gasteiger partial charge is 0.487 e. The van der Waals surface area contributed by atoms with Crippen LogP contribution >= 0.6 is 0 Å². The maximum absolute atomic E-state index is 12.7. The summed E-state index contributed by atoms with van der Waals surface area (Å²) < 4.78 is 11.6. The molecule has 0 radical (unpaired) electrons. The minimum Gasteiger partial charge on any atom is -0.487 e. The zero-order chi connectivity index (χ0) is 21.8. The van der Waals surface area contributed by atoms with Gasteiger partial charge in [-0.05, 0) is 61.6 Å². The highest BCUT2D eigenvalue weighted by Gasteiger charge is 2.28. The maximum Gasteiger partial charge on any atom is 0.251 e. The summed E-state index contributed by atoms with van der Waals surface area (Å²) in [4.78, 5) is 17.3. The Bertz CT molecular complexity index is 1010. The monoisotopic (exact) mass is 418 g/mol. The average Bonchev–Trinajstić information content (AvgIpc) is 3.17. The molecule has 1 N–H and O–H groups in total. The molecule has 0 saturated heterocycles. The van der Waals surface area contributed by atoms with Gasteiger partial charge in [-0.1, -0.05) is 44.9 Å². The number of aryl methyl sites for hydroxylation is 1. The van der Waals surface area contributed by atoms with Crippen molar-refractivity contribution in [1.29, 1.82) is 0 Å². The van der Waals surface area contributed by atoms with Crippen molar-refractivity contribution in [2.45, 2.75) is 52.7 Å². The van der Waals surface area contributed by atoms with E-state index >= 15 is 0 Å². The van der Waals surface area contributed by atoms with E-state index in [2.05, 4.69) is 24.1 Å². The van der Waals surface area contributed by atoms with E-state index in [0.717, 1.165) is 29.2 Å². The molecule has 0 aliphatic heterocycles. The first-order valence-corrected chi connectivity index (χ1v) is 11.1. The van der Waals surface area contributed by atoms with Crippen molar-refractivity contribution in [3.8, 4) is 17.2 Å². The molecule has 0 unspecified atom stereocenters. The molecular formula is C26H30N2O3. The fraction of sp³-hybridized carbons (Fsp3) is 0.385. The third-order valence-electron chi connectivity index (χ3n) is 6.43. The third-order valence-corrected chi connectivity index (χ3v) is 6.43. The molecule has 3 aromatic rings. The van der Waals surface area contributed by atoms with Crippen LogP contribution in [0, 0.1) is 18.8 Å². The van der Waals surface area contributed by atoms with Crippen molar-refractivity contribution < 1.29 is 13.9 Å². The number of nitrogens with one attached hydrogen (secondary N) is 1. The molecule has 4 rings (SSSR count). The van der Waals surface area contributed by atoms with Gasteiger partial charge < -0.3 is 14.5 Å². The molecule has 0 spiro atoms. The number of aromatic nitrogens is 1. The van der Waals surface area contributed by atoms with Gasteiger partial charge in [0.25, 0.3) is 5.91 Å². The molecule has 1 aromatic heterocycles. The lowest BCUT2D eigenvalue weighted by molar-refractivity contribution is 0.0891. The number of ether oxygens (including phenoxy) is 1. The number of rotatable bonds is 6. The Hall–Kier alpha value is -3.08. The van der Waals surface area contributed by atoms with Crippen molar-refractivity contribution in [2.24, 2.45) is 11.8 Å². The summed E-state index contributed by atoms with van der Waals surface area (Å²) >= 11 is 0. The van der Waals surface area contributed by atoms with Crippen LogP contribution < -0.4 is 10.1 Å². The van der Waals surface area contributed by atoms with E-state index in [9.17, 15) is 4.79 Å². The van der Waals surface area contributed by atoms with Crippen LogP contribution in [-0.2, 0) is 6.61 Å². The summed E-state index contributed by atoms with van der Waals surface area (Å²) in [7, 11) is 0. The number of benzene rings is 2. The lowest BCUT2D eigenvalue weighted by atomic mass is 9.78. The van der Waals surface area contributed by atoms with E-state index in [4.69, 9.17) is 9.15 Å². The molecule has 162 valence electrons. The standard InChI is InChI=1S/C26H30N2O3/c1-17-8-7-11-23(18(17)2)27-25(29)20-12-14-21(15-13-20)26-28-24(19(3)31-26)16-30-22-9-5-4-6-10-22/h4-6,9-10,12-15,17-18,23H,7-8,11,16H2,1-3H3,(H,27,29)/t17-,18+,23+/m0/s1. The molecule has 5 heteroatoms. The molecule has 3 atom stereocenters. The summed E-state index contributed by atoms with van der Waals surface area (Å²) in [6.45, 7) is 6.74. The maximum atomic E-state index is 12.7. The second-order valence-corrected chi connectivity index (χ2v) is 8.55. The van der Waals surface area contributed by atoms with Gasteiger partial charge in [-0.25, -0.2) is 4.98 Å². The normalized spacial score (nSPS) is 20.9. The number of para-hydroxylation sites is 1. The van der Waals surface area contributed by atoms with Gasteiger partial charge >= 0.3 is 0 Å². The van der Waals surface area contributed by atoms with E-state index < -0.39 is 0 Å². The first-order chi connectivity index (χ1) is 15.0. The molecule has 1 aliphatic rings. The van der Waals surface area contributed by atoms with Gasteiger partial charge in [0.1, 0.15) is 23.8 Å². The number of carbonyl (C=O) groups excluding carboxylic acids is 1. The number of nitrogens with zero attached hydrogens (tertiary/aromatic N) is 1. The molecule has 31 heavy (non-hydrogen) atoms. The summed E-state index contributed by atoms with van der Waals surface area (Å²) in [5.41, 5.74) is 2.26. The molecule has 1 heterocycles. The highest BCUT2D eigenvalue weighted by atomic mass is 16.5. The van der Waals surface area contributed by atoms with Crippen LogP contribution in [0.1, 0.15) is 54.9 Å². The van der Waals surface area contributed by atoms with Crippen LogP contribution in [0.15, 0.2) is 59.0 Å². The van der Waals surface area contributed by atoms with Crippen LogP contribution in [0.4, 0.5) is 0 Å². The predicted octanol–water partition coefficient (Wildman–Crippen LogP) is 5.78. The van der Waals surface area contributed by atoms with E-state index in [1.165, 1.54) is 12.8 Å². The SMILES string of the molecule is Cc1oc(-c2ccc(C(=O)N[C@@H]3CCC[C@H](C)[C@H]3C)cc2)nc1COc1ccccc1. The smallest absolute Gasteiger partial charge is 0.251 e. The van der Waals surface area contributed by atoms with E-state index in [1.54, 1.807) is 0 Å². The van der Waals surface area contributed by atoms with Gasteiger partial charge in [-0.2, -0.15) is 0 Å². The Balaban J connectivity index is 1.40. The highest BCUT2D eigenvalue weighted by molar-refractivity contribution is 5.94. The van der Waals surface area contributed by atoms with E-state index in [-0.39, 0.29) is 11.9 Å². The number of carbonyl (C=O) groups is 1.